The summed E-state index contributed by atoms with van der Waals surface area (Å²) in [4.78, 5) is 1.03. The smallest absolute Gasteiger partial charge is 0.0536 e. The fraction of sp³-hybridized carbons (Fsp3) is 0.571. The highest BCUT2D eigenvalue weighted by molar-refractivity contribution is 7.85. The first kappa shape index (κ1) is 12.8. The van der Waals surface area contributed by atoms with E-state index in [-0.39, 0.29) is 0 Å². The molecule has 0 radical (unpaired) electrons. The molecule has 1 aromatic rings. The number of benzene rings is 1. The predicted molar refractivity (Wildman–Crippen MR) is 72.7 cm³/mol. The highest BCUT2D eigenvalue weighted by Crippen LogP contribution is 2.34. The van der Waals surface area contributed by atoms with Crippen LogP contribution in [0.1, 0.15) is 37.4 Å². The first-order valence-corrected chi connectivity index (χ1v) is 7.67. The summed E-state index contributed by atoms with van der Waals surface area (Å²) in [6, 6.07) is 6.65. The van der Waals surface area contributed by atoms with E-state index >= 15 is 0 Å². The maximum absolute atomic E-state index is 12.1. The zero-order valence-electron chi connectivity index (χ0n) is 10.8. The molecule has 0 saturated carbocycles. The third-order valence-electron chi connectivity index (χ3n) is 3.34. The third kappa shape index (κ3) is 2.61. The van der Waals surface area contributed by atoms with E-state index in [1.165, 1.54) is 11.1 Å². The average molecular weight is 251 g/mol. The number of hydrogen-bond donors (Lipinski definition) is 1. The molecular weight excluding hydrogens is 230 g/mol. The molecule has 0 fully saturated rings. The summed E-state index contributed by atoms with van der Waals surface area (Å²) in [7, 11) is -0.820. The zero-order valence-corrected chi connectivity index (χ0v) is 11.6. The second-order valence-corrected chi connectivity index (χ2v) is 6.43. The lowest BCUT2D eigenvalue weighted by Gasteiger charge is -2.32. The molecule has 0 aromatic heterocycles. The van der Waals surface area contributed by atoms with Crippen molar-refractivity contribution in [2.24, 2.45) is 5.92 Å². The fourth-order valence-corrected chi connectivity index (χ4v) is 3.98. The van der Waals surface area contributed by atoms with Crippen molar-refractivity contribution in [2.45, 2.75) is 38.1 Å². The Balaban J connectivity index is 2.37. The molecular formula is C14H21NOS. The van der Waals surface area contributed by atoms with Gasteiger partial charge in [-0.05, 0) is 37.4 Å². The SMILES string of the molecule is CCCNC1c2cc(C)ccc2S(=O)CC1C. The Labute approximate surface area is 106 Å². The predicted octanol–water partition coefficient (Wildman–Crippen LogP) is 2.79. The second kappa shape index (κ2) is 5.32. The van der Waals surface area contributed by atoms with E-state index in [9.17, 15) is 4.21 Å². The molecule has 94 valence electrons. The van der Waals surface area contributed by atoms with Crippen molar-refractivity contribution in [3.63, 3.8) is 0 Å². The Morgan fingerprint density at radius 2 is 2.24 bits per heavy atom. The minimum absolute atomic E-state index is 0.363. The largest absolute Gasteiger partial charge is 0.310 e. The van der Waals surface area contributed by atoms with E-state index in [0.717, 1.165) is 23.6 Å². The summed E-state index contributed by atoms with van der Waals surface area (Å²) in [5.41, 5.74) is 2.49. The van der Waals surface area contributed by atoms with E-state index in [0.29, 0.717) is 12.0 Å². The summed E-state index contributed by atoms with van der Waals surface area (Å²) < 4.78 is 12.1. The summed E-state index contributed by atoms with van der Waals surface area (Å²) >= 11 is 0. The normalized spacial score (nSPS) is 27.8. The summed E-state index contributed by atoms with van der Waals surface area (Å²) in [5, 5.41) is 3.59. The molecule has 1 N–H and O–H groups in total. The van der Waals surface area contributed by atoms with Gasteiger partial charge in [-0.3, -0.25) is 4.21 Å². The Hall–Kier alpha value is -0.670. The summed E-state index contributed by atoms with van der Waals surface area (Å²) in [6.45, 7) is 7.49. The van der Waals surface area contributed by atoms with Crippen molar-refractivity contribution in [1.29, 1.82) is 0 Å². The van der Waals surface area contributed by atoms with Crippen LogP contribution in [0.4, 0.5) is 0 Å². The van der Waals surface area contributed by atoms with E-state index < -0.39 is 10.8 Å². The Morgan fingerprint density at radius 3 is 2.94 bits per heavy atom. The molecule has 17 heavy (non-hydrogen) atoms. The molecule has 1 heterocycles. The lowest BCUT2D eigenvalue weighted by atomic mass is 9.94. The van der Waals surface area contributed by atoms with Gasteiger partial charge in [0.25, 0.3) is 0 Å². The highest BCUT2D eigenvalue weighted by atomic mass is 32.2. The maximum Gasteiger partial charge on any atom is 0.0536 e. The van der Waals surface area contributed by atoms with Crippen LogP contribution < -0.4 is 5.32 Å². The van der Waals surface area contributed by atoms with Crippen LogP contribution in [0.3, 0.4) is 0 Å². The van der Waals surface area contributed by atoms with E-state index in [1.54, 1.807) is 0 Å². The Morgan fingerprint density at radius 1 is 1.47 bits per heavy atom. The lowest BCUT2D eigenvalue weighted by Crippen LogP contribution is -2.34. The number of rotatable bonds is 3. The first-order chi connectivity index (χ1) is 8.13. The van der Waals surface area contributed by atoms with Gasteiger partial charge in [-0.2, -0.15) is 0 Å². The van der Waals surface area contributed by atoms with Crippen LogP contribution in [0, 0.1) is 12.8 Å². The molecule has 1 aliphatic heterocycles. The Bertz CT molecular complexity index is 430. The third-order valence-corrected chi connectivity index (χ3v) is 5.03. The zero-order chi connectivity index (χ0) is 12.4. The molecule has 2 rings (SSSR count). The van der Waals surface area contributed by atoms with Gasteiger partial charge < -0.3 is 5.32 Å². The van der Waals surface area contributed by atoms with Crippen molar-refractivity contribution in [3.05, 3.63) is 29.3 Å². The number of nitrogens with one attached hydrogen (secondary N) is 1. The van der Waals surface area contributed by atoms with Gasteiger partial charge in [0.2, 0.25) is 0 Å². The van der Waals surface area contributed by atoms with Crippen LogP contribution in [0.2, 0.25) is 0 Å². The van der Waals surface area contributed by atoms with Crippen LogP contribution >= 0.6 is 0 Å². The maximum atomic E-state index is 12.1. The molecule has 1 aliphatic rings. The van der Waals surface area contributed by atoms with E-state index in [4.69, 9.17) is 0 Å². The molecule has 2 nitrogen and oxygen atoms in total. The van der Waals surface area contributed by atoms with Gasteiger partial charge in [-0.25, -0.2) is 0 Å². The molecule has 3 unspecified atom stereocenters. The van der Waals surface area contributed by atoms with Gasteiger partial charge in [0.05, 0.1) is 10.8 Å². The van der Waals surface area contributed by atoms with Crippen LogP contribution in [0.5, 0.6) is 0 Å². The van der Waals surface area contributed by atoms with Gasteiger partial charge in [-0.15, -0.1) is 0 Å². The first-order valence-electron chi connectivity index (χ1n) is 6.35. The summed E-state index contributed by atoms with van der Waals surface area (Å²) in [6.07, 6.45) is 1.13. The topological polar surface area (TPSA) is 29.1 Å². The highest BCUT2D eigenvalue weighted by Gasteiger charge is 2.30. The monoisotopic (exact) mass is 251 g/mol. The van der Waals surface area contributed by atoms with Crippen molar-refractivity contribution in [3.8, 4) is 0 Å². The van der Waals surface area contributed by atoms with Gasteiger partial charge >= 0.3 is 0 Å². The van der Waals surface area contributed by atoms with Crippen molar-refractivity contribution in [1.82, 2.24) is 5.32 Å². The molecule has 1 aromatic carbocycles. The Kier molecular flexibility index (Phi) is 4.00. The van der Waals surface area contributed by atoms with Crippen molar-refractivity contribution in [2.75, 3.05) is 12.3 Å². The standard InChI is InChI=1S/C14H21NOS/c1-4-7-15-14-11(3)9-17(16)13-6-5-10(2)8-12(13)14/h5-6,8,11,14-15H,4,7,9H2,1-3H3. The summed E-state index contributed by atoms with van der Waals surface area (Å²) in [5.74, 6) is 1.22. The number of fused-ring (bicyclic) bond motifs is 1. The molecule has 0 amide bonds. The van der Waals surface area contributed by atoms with E-state index in [1.807, 2.05) is 6.07 Å². The molecule has 0 bridgehead atoms. The second-order valence-electron chi connectivity index (χ2n) is 4.96. The van der Waals surface area contributed by atoms with Gasteiger partial charge in [0.15, 0.2) is 0 Å². The van der Waals surface area contributed by atoms with Gasteiger partial charge in [0.1, 0.15) is 0 Å². The molecule has 0 spiro atoms. The lowest BCUT2D eigenvalue weighted by molar-refractivity contribution is 0.402. The van der Waals surface area contributed by atoms with Crippen molar-refractivity contribution < 1.29 is 4.21 Å². The van der Waals surface area contributed by atoms with Gasteiger partial charge in [-0.1, -0.05) is 31.5 Å². The molecule has 0 aliphatic carbocycles. The number of aryl methyl sites for hydroxylation is 1. The molecule has 0 saturated heterocycles. The van der Waals surface area contributed by atoms with Crippen LogP contribution in [0.15, 0.2) is 23.1 Å². The van der Waals surface area contributed by atoms with Crippen LogP contribution in [-0.2, 0) is 10.8 Å². The number of hydrogen-bond acceptors (Lipinski definition) is 2. The molecule has 3 atom stereocenters. The van der Waals surface area contributed by atoms with E-state index in [2.05, 4.69) is 38.2 Å². The minimum Gasteiger partial charge on any atom is -0.310 e. The quantitative estimate of drug-likeness (QED) is 0.895. The fourth-order valence-electron chi connectivity index (χ4n) is 2.46. The van der Waals surface area contributed by atoms with Crippen LogP contribution in [-0.4, -0.2) is 16.5 Å². The van der Waals surface area contributed by atoms with Gasteiger partial charge in [0, 0.05) is 16.7 Å². The average Bonchev–Trinajstić information content (AvgIpc) is 2.28. The van der Waals surface area contributed by atoms with Crippen LogP contribution in [0.25, 0.3) is 0 Å². The minimum atomic E-state index is -0.820. The molecule has 3 heteroatoms. The van der Waals surface area contributed by atoms with Crippen molar-refractivity contribution >= 4 is 10.8 Å².